The van der Waals surface area contributed by atoms with E-state index < -0.39 is 0 Å². The largest absolute Gasteiger partial charge is 0.352 e. The Hall–Kier alpha value is -1.94. The minimum absolute atomic E-state index is 0.972. The molecule has 2 aromatic rings. The topological polar surface area (TPSA) is 41.1 Å². The normalized spacial score (nSPS) is 15.7. The van der Waals surface area contributed by atoms with E-state index in [0.717, 1.165) is 43.3 Å². The first-order chi connectivity index (χ1) is 8.95. The van der Waals surface area contributed by atoms with Crippen LogP contribution in [0.15, 0.2) is 42.7 Å². The molecular formula is C14H16N4. The van der Waals surface area contributed by atoms with Gasteiger partial charge in [-0.15, -0.1) is 0 Å². The molecule has 18 heavy (non-hydrogen) atoms. The van der Waals surface area contributed by atoms with Crippen LogP contribution >= 0.6 is 0 Å². The summed E-state index contributed by atoms with van der Waals surface area (Å²) < 4.78 is 0. The number of nitrogens with zero attached hydrogens (tertiary/aromatic N) is 3. The lowest BCUT2D eigenvalue weighted by Crippen LogP contribution is -2.44. The summed E-state index contributed by atoms with van der Waals surface area (Å²) in [6.45, 7) is 3.98. The van der Waals surface area contributed by atoms with Gasteiger partial charge in [0.15, 0.2) is 5.82 Å². The second-order valence-electron chi connectivity index (χ2n) is 4.33. The maximum Gasteiger partial charge on any atom is 0.155 e. The summed E-state index contributed by atoms with van der Waals surface area (Å²) in [7, 11) is 0. The molecule has 1 aliphatic heterocycles. The number of hydrogen-bond donors (Lipinski definition) is 1. The predicted molar refractivity (Wildman–Crippen MR) is 72.6 cm³/mol. The summed E-state index contributed by atoms with van der Waals surface area (Å²) in [6, 6.07) is 10.2. The standard InChI is InChI=1S/C14H16N4/c1-2-4-12(5-3-1)13-14(17-7-6-16-13)18-10-8-15-9-11-18/h1-7,15H,8-11H2. The molecule has 1 saturated heterocycles. The molecule has 0 unspecified atom stereocenters. The van der Waals surface area contributed by atoms with Crippen molar-refractivity contribution < 1.29 is 0 Å². The summed E-state index contributed by atoms with van der Waals surface area (Å²) in [5, 5.41) is 3.35. The van der Waals surface area contributed by atoms with Crippen LogP contribution in [0.2, 0.25) is 0 Å². The van der Waals surface area contributed by atoms with Crippen LogP contribution in [0, 0.1) is 0 Å². The van der Waals surface area contributed by atoms with Crippen LogP contribution in [0.5, 0.6) is 0 Å². The minimum Gasteiger partial charge on any atom is -0.352 e. The first kappa shape index (κ1) is 11.2. The Kier molecular flexibility index (Phi) is 3.19. The molecule has 1 aromatic heterocycles. The highest BCUT2D eigenvalue weighted by Gasteiger charge is 2.16. The first-order valence-corrected chi connectivity index (χ1v) is 6.27. The van der Waals surface area contributed by atoms with Crippen LogP contribution in [0.3, 0.4) is 0 Å². The molecule has 1 N–H and O–H groups in total. The molecule has 4 nitrogen and oxygen atoms in total. The van der Waals surface area contributed by atoms with Crippen LogP contribution in [-0.2, 0) is 0 Å². The monoisotopic (exact) mass is 240 g/mol. The van der Waals surface area contributed by atoms with Gasteiger partial charge in [0.05, 0.1) is 0 Å². The number of anilines is 1. The van der Waals surface area contributed by atoms with E-state index in [2.05, 4.69) is 32.3 Å². The number of aromatic nitrogens is 2. The van der Waals surface area contributed by atoms with Gasteiger partial charge in [-0.05, 0) is 0 Å². The van der Waals surface area contributed by atoms with E-state index in [1.165, 1.54) is 0 Å². The molecule has 92 valence electrons. The molecule has 1 aliphatic rings. The van der Waals surface area contributed by atoms with Crippen LogP contribution in [0.25, 0.3) is 11.3 Å². The molecule has 2 heterocycles. The number of benzene rings is 1. The SMILES string of the molecule is c1ccc(-c2nccnc2N2CCNCC2)cc1. The van der Waals surface area contributed by atoms with Gasteiger partial charge in [0, 0.05) is 44.1 Å². The maximum atomic E-state index is 4.51. The van der Waals surface area contributed by atoms with Gasteiger partial charge in [0.2, 0.25) is 0 Å². The Labute approximate surface area is 107 Å². The summed E-state index contributed by atoms with van der Waals surface area (Å²) in [5.41, 5.74) is 2.10. The van der Waals surface area contributed by atoms with Gasteiger partial charge in [0.25, 0.3) is 0 Å². The van der Waals surface area contributed by atoms with Crippen molar-refractivity contribution in [3.05, 3.63) is 42.7 Å². The van der Waals surface area contributed by atoms with Crippen LogP contribution < -0.4 is 10.2 Å². The third-order valence-electron chi connectivity index (χ3n) is 3.14. The zero-order valence-corrected chi connectivity index (χ0v) is 10.2. The van der Waals surface area contributed by atoms with Gasteiger partial charge in [-0.3, -0.25) is 4.98 Å². The fourth-order valence-electron chi connectivity index (χ4n) is 2.24. The van der Waals surface area contributed by atoms with Crippen molar-refractivity contribution in [1.29, 1.82) is 0 Å². The quantitative estimate of drug-likeness (QED) is 0.864. The highest BCUT2D eigenvalue weighted by Crippen LogP contribution is 2.26. The number of rotatable bonds is 2. The fraction of sp³-hybridized carbons (Fsp3) is 0.286. The Morgan fingerprint density at radius 3 is 2.44 bits per heavy atom. The third-order valence-corrected chi connectivity index (χ3v) is 3.14. The molecule has 0 atom stereocenters. The predicted octanol–water partition coefficient (Wildman–Crippen LogP) is 1.55. The number of hydrogen-bond acceptors (Lipinski definition) is 4. The minimum atomic E-state index is 0.972. The van der Waals surface area contributed by atoms with Gasteiger partial charge in [-0.25, -0.2) is 4.98 Å². The lowest BCUT2D eigenvalue weighted by Gasteiger charge is -2.29. The molecule has 0 spiro atoms. The fourth-order valence-corrected chi connectivity index (χ4v) is 2.24. The molecule has 4 heteroatoms. The maximum absolute atomic E-state index is 4.51. The highest BCUT2D eigenvalue weighted by atomic mass is 15.2. The van der Waals surface area contributed by atoms with E-state index in [1.807, 2.05) is 18.2 Å². The molecule has 3 rings (SSSR count). The van der Waals surface area contributed by atoms with E-state index >= 15 is 0 Å². The van der Waals surface area contributed by atoms with Crippen LogP contribution in [0.1, 0.15) is 0 Å². The molecule has 0 radical (unpaired) electrons. The summed E-state index contributed by atoms with van der Waals surface area (Å²) in [5.74, 6) is 0.991. The van der Waals surface area contributed by atoms with Gasteiger partial charge in [-0.1, -0.05) is 30.3 Å². The lowest BCUT2D eigenvalue weighted by atomic mass is 10.1. The van der Waals surface area contributed by atoms with Gasteiger partial charge in [-0.2, -0.15) is 0 Å². The molecule has 0 amide bonds. The average molecular weight is 240 g/mol. The molecule has 1 fully saturated rings. The van der Waals surface area contributed by atoms with Gasteiger partial charge < -0.3 is 10.2 Å². The smallest absolute Gasteiger partial charge is 0.155 e. The van der Waals surface area contributed by atoms with Crippen molar-refractivity contribution in [2.45, 2.75) is 0 Å². The van der Waals surface area contributed by atoms with E-state index in [-0.39, 0.29) is 0 Å². The zero-order valence-electron chi connectivity index (χ0n) is 10.2. The second kappa shape index (κ2) is 5.14. The molecule has 0 saturated carbocycles. The Morgan fingerprint density at radius 1 is 0.944 bits per heavy atom. The summed E-state index contributed by atoms with van der Waals surface area (Å²) >= 11 is 0. The summed E-state index contributed by atoms with van der Waals surface area (Å²) in [6.07, 6.45) is 3.53. The number of piperazine rings is 1. The lowest BCUT2D eigenvalue weighted by molar-refractivity contribution is 0.585. The highest BCUT2D eigenvalue weighted by molar-refractivity contribution is 5.71. The zero-order chi connectivity index (χ0) is 12.2. The summed E-state index contributed by atoms with van der Waals surface area (Å²) in [4.78, 5) is 11.3. The van der Waals surface area contributed by atoms with Crippen LogP contribution in [-0.4, -0.2) is 36.1 Å². The van der Waals surface area contributed by atoms with Gasteiger partial charge >= 0.3 is 0 Å². The van der Waals surface area contributed by atoms with Crippen molar-refractivity contribution in [3.8, 4) is 11.3 Å². The van der Waals surface area contributed by atoms with E-state index in [9.17, 15) is 0 Å². The van der Waals surface area contributed by atoms with Crippen molar-refractivity contribution in [2.75, 3.05) is 31.1 Å². The van der Waals surface area contributed by atoms with E-state index in [1.54, 1.807) is 12.4 Å². The van der Waals surface area contributed by atoms with Crippen molar-refractivity contribution in [1.82, 2.24) is 15.3 Å². The van der Waals surface area contributed by atoms with Crippen LogP contribution in [0.4, 0.5) is 5.82 Å². The molecule has 1 aromatic carbocycles. The average Bonchev–Trinajstić information content (AvgIpc) is 2.49. The Bertz CT molecular complexity index is 506. The Morgan fingerprint density at radius 2 is 1.67 bits per heavy atom. The van der Waals surface area contributed by atoms with Crippen molar-refractivity contribution >= 4 is 5.82 Å². The third kappa shape index (κ3) is 2.19. The van der Waals surface area contributed by atoms with Gasteiger partial charge in [0.1, 0.15) is 5.69 Å². The van der Waals surface area contributed by atoms with Crippen molar-refractivity contribution in [3.63, 3.8) is 0 Å². The van der Waals surface area contributed by atoms with E-state index in [4.69, 9.17) is 0 Å². The first-order valence-electron chi connectivity index (χ1n) is 6.27. The number of nitrogens with one attached hydrogen (secondary N) is 1. The molecule has 0 aliphatic carbocycles. The molecule has 0 bridgehead atoms. The Balaban J connectivity index is 1.99. The van der Waals surface area contributed by atoms with E-state index in [0.29, 0.717) is 0 Å². The molecular weight excluding hydrogens is 224 g/mol. The second-order valence-corrected chi connectivity index (χ2v) is 4.33. The van der Waals surface area contributed by atoms with Crippen molar-refractivity contribution in [2.24, 2.45) is 0 Å².